The molecule has 156 valence electrons. The zero-order valence-electron chi connectivity index (χ0n) is 17.5. The number of methoxy groups -OCH3 is 2. The maximum atomic E-state index is 13.6. The van der Waals surface area contributed by atoms with Gasteiger partial charge in [0.05, 0.1) is 14.2 Å². The predicted molar refractivity (Wildman–Crippen MR) is 119 cm³/mol. The molecule has 0 aliphatic carbocycles. The van der Waals surface area contributed by atoms with E-state index in [1.165, 1.54) is 10.9 Å². The van der Waals surface area contributed by atoms with Crippen molar-refractivity contribution in [1.29, 1.82) is 0 Å². The maximum absolute atomic E-state index is 13.6. The van der Waals surface area contributed by atoms with Crippen molar-refractivity contribution >= 4 is 16.8 Å². The molecule has 2 aromatic heterocycles. The molecule has 1 unspecified atom stereocenters. The number of rotatable bonds is 4. The SMILES string of the molecule is COc1cccc(C2c3[nH]c4ccccc4c3CCN2C(=O)c2ccncc2)c1OC. The Kier molecular flexibility index (Phi) is 4.82. The molecule has 0 saturated carbocycles. The first-order valence-corrected chi connectivity index (χ1v) is 10.2. The summed E-state index contributed by atoms with van der Waals surface area (Å²) < 4.78 is 11.3. The van der Waals surface area contributed by atoms with Gasteiger partial charge in [-0.05, 0) is 36.2 Å². The normalized spacial score (nSPS) is 15.5. The van der Waals surface area contributed by atoms with Crippen LogP contribution in [0, 0.1) is 0 Å². The topological polar surface area (TPSA) is 67.5 Å². The van der Waals surface area contributed by atoms with Gasteiger partial charge in [0.1, 0.15) is 6.04 Å². The van der Waals surface area contributed by atoms with E-state index in [0.29, 0.717) is 23.6 Å². The Balaban J connectivity index is 1.73. The van der Waals surface area contributed by atoms with Crippen LogP contribution in [0.25, 0.3) is 10.9 Å². The second-order valence-electron chi connectivity index (χ2n) is 7.53. The fourth-order valence-electron chi connectivity index (χ4n) is 4.57. The van der Waals surface area contributed by atoms with Gasteiger partial charge in [0, 0.05) is 46.7 Å². The average molecular weight is 413 g/mol. The van der Waals surface area contributed by atoms with Crippen molar-refractivity contribution in [2.75, 3.05) is 20.8 Å². The second-order valence-corrected chi connectivity index (χ2v) is 7.53. The monoisotopic (exact) mass is 413 g/mol. The molecule has 1 amide bonds. The third kappa shape index (κ3) is 3.11. The van der Waals surface area contributed by atoms with Crippen molar-refractivity contribution in [2.24, 2.45) is 0 Å². The third-order valence-corrected chi connectivity index (χ3v) is 5.95. The number of aromatic nitrogens is 2. The molecule has 1 aliphatic heterocycles. The molecule has 0 fully saturated rings. The summed E-state index contributed by atoms with van der Waals surface area (Å²) in [6.07, 6.45) is 4.07. The molecule has 5 rings (SSSR count). The first-order chi connectivity index (χ1) is 15.2. The smallest absolute Gasteiger partial charge is 0.254 e. The molecular weight excluding hydrogens is 390 g/mol. The van der Waals surface area contributed by atoms with Gasteiger partial charge in [0.2, 0.25) is 0 Å². The highest BCUT2D eigenvalue weighted by Crippen LogP contribution is 2.44. The van der Waals surface area contributed by atoms with Crippen LogP contribution in [0.2, 0.25) is 0 Å². The second kappa shape index (κ2) is 7.80. The van der Waals surface area contributed by atoms with Crippen LogP contribution in [0.5, 0.6) is 11.5 Å². The Morgan fingerprint density at radius 3 is 2.61 bits per heavy atom. The summed E-state index contributed by atoms with van der Waals surface area (Å²) in [6.45, 7) is 0.598. The van der Waals surface area contributed by atoms with Gasteiger partial charge in [0.15, 0.2) is 11.5 Å². The molecule has 6 nitrogen and oxygen atoms in total. The van der Waals surface area contributed by atoms with Gasteiger partial charge in [-0.25, -0.2) is 0 Å². The lowest BCUT2D eigenvalue weighted by Gasteiger charge is -2.37. The maximum Gasteiger partial charge on any atom is 0.254 e. The van der Waals surface area contributed by atoms with Crippen molar-refractivity contribution in [1.82, 2.24) is 14.9 Å². The molecule has 1 atom stereocenters. The number of aromatic amines is 1. The number of fused-ring (bicyclic) bond motifs is 3. The van der Waals surface area contributed by atoms with Crippen LogP contribution >= 0.6 is 0 Å². The number of hydrogen-bond donors (Lipinski definition) is 1. The molecular formula is C25H23N3O3. The van der Waals surface area contributed by atoms with Crippen LogP contribution in [-0.2, 0) is 6.42 Å². The summed E-state index contributed by atoms with van der Waals surface area (Å²) in [5, 5.41) is 1.19. The minimum absolute atomic E-state index is 0.0402. The minimum Gasteiger partial charge on any atom is -0.493 e. The van der Waals surface area contributed by atoms with Crippen molar-refractivity contribution in [3.63, 3.8) is 0 Å². The molecule has 31 heavy (non-hydrogen) atoms. The van der Waals surface area contributed by atoms with Gasteiger partial charge in [0.25, 0.3) is 5.91 Å². The molecule has 0 spiro atoms. The zero-order valence-corrected chi connectivity index (χ0v) is 17.5. The summed E-state index contributed by atoms with van der Waals surface area (Å²) in [5.41, 5.74) is 4.82. The molecule has 1 aliphatic rings. The van der Waals surface area contributed by atoms with Crippen LogP contribution in [0.3, 0.4) is 0 Å². The number of benzene rings is 2. The van der Waals surface area contributed by atoms with Gasteiger partial charge in [-0.2, -0.15) is 0 Å². The van der Waals surface area contributed by atoms with Gasteiger partial charge in [-0.15, -0.1) is 0 Å². The van der Waals surface area contributed by atoms with Crippen molar-refractivity contribution in [3.8, 4) is 11.5 Å². The summed E-state index contributed by atoms with van der Waals surface area (Å²) in [6, 6.07) is 17.2. The fourth-order valence-corrected chi connectivity index (χ4v) is 4.57. The summed E-state index contributed by atoms with van der Waals surface area (Å²) in [5.74, 6) is 1.23. The Morgan fingerprint density at radius 2 is 1.84 bits per heavy atom. The highest BCUT2D eigenvalue weighted by Gasteiger charge is 2.37. The van der Waals surface area contributed by atoms with E-state index in [1.54, 1.807) is 38.7 Å². The highest BCUT2D eigenvalue weighted by atomic mass is 16.5. The van der Waals surface area contributed by atoms with Gasteiger partial charge >= 0.3 is 0 Å². The number of carbonyl (C=O) groups is 1. The summed E-state index contributed by atoms with van der Waals surface area (Å²) >= 11 is 0. The Morgan fingerprint density at radius 1 is 1.03 bits per heavy atom. The Labute approximate surface area is 180 Å². The van der Waals surface area contributed by atoms with Crippen molar-refractivity contribution in [3.05, 3.63) is 89.4 Å². The first-order valence-electron chi connectivity index (χ1n) is 10.2. The lowest BCUT2D eigenvalue weighted by atomic mass is 9.91. The number of ether oxygens (including phenoxy) is 2. The number of H-pyrrole nitrogens is 1. The molecule has 0 saturated heterocycles. The Bertz CT molecular complexity index is 1250. The molecule has 3 heterocycles. The fraction of sp³-hybridized carbons (Fsp3) is 0.200. The van der Waals surface area contributed by atoms with E-state index >= 15 is 0 Å². The number of nitrogens with one attached hydrogen (secondary N) is 1. The van der Waals surface area contributed by atoms with E-state index in [2.05, 4.69) is 22.1 Å². The van der Waals surface area contributed by atoms with Crippen molar-refractivity contribution < 1.29 is 14.3 Å². The number of carbonyl (C=O) groups excluding carboxylic acids is 1. The van der Waals surface area contributed by atoms with Gasteiger partial charge in [-0.3, -0.25) is 9.78 Å². The number of nitrogens with zero attached hydrogens (tertiary/aromatic N) is 2. The van der Waals surface area contributed by atoms with Crippen molar-refractivity contribution in [2.45, 2.75) is 12.5 Å². The van der Waals surface area contributed by atoms with E-state index in [4.69, 9.17) is 9.47 Å². The van der Waals surface area contributed by atoms with Crippen LogP contribution in [-0.4, -0.2) is 41.5 Å². The lowest BCUT2D eigenvalue weighted by Crippen LogP contribution is -2.40. The van der Waals surface area contributed by atoms with Gasteiger partial charge in [-0.1, -0.05) is 30.3 Å². The molecule has 0 radical (unpaired) electrons. The molecule has 1 N–H and O–H groups in total. The van der Waals surface area contributed by atoms with Crippen LogP contribution in [0.4, 0.5) is 0 Å². The number of pyridine rings is 1. The molecule has 2 aromatic carbocycles. The molecule has 0 bridgehead atoms. The van der Waals surface area contributed by atoms with Gasteiger partial charge < -0.3 is 19.4 Å². The van der Waals surface area contributed by atoms with E-state index in [-0.39, 0.29) is 11.9 Å². The average Bonchev–Trinajstić information content (AvgIpc) is 3.21. The first kappa shape index (κ1) is 19.2. The quantitative estimate of drug-likeness (QED) is 0.540. The van der Waals surface area contributed by atoms with Crippen LogP contribution in [0.1, 0.15) is 33.2 Å². The van der Waals surface area contributed by atoms with E-state index < -0.39 is 0 Å². The van der Waals surface area contributed by atoms with Crippen LogP contribution in [0.15, 0.2) is 67.0 Å². The lowest BCUT2D eigenvalue weighted by molar-refractivity contribution is 0.0689. The van der Waals surface area contributed by atoms with E-state index in [9.17, 15) is 4.79 Å². The molecule has 4 aromatic rings. The third-order valence-electron chi connectivity index (χ3n) is 5.95. The van der Waals surface area contributed by atoms with Crippen LogP contribution < -0.4 is 9.47 Å². The largest absolute Gasteiger partial charge is 0.493 e. The van der Waals surface area contributed by atoms with E-state index in [0.717, 1.165) is 23.2 Å². The van der Waals surface area contributed by atoms with E-state index in [1.807, 2.05) is 35.2 Å². The number of para-hydroxylation sites is 2. The number of amides is 1. The Hall–Kier alpha value is -3.80. The highest BCUT2D eigenvalue weighted by molar-refractivity contribution is 5.95. The standard InChI is InChI=1S/C25H23N3O3/c1-30-21-9-5-7-19(24(21)31-2)23-22-18(17-6-3-4-8-20(17)27-22)12-15-28(23)25(29)16-10-13-26-14-11-16/h3-11,13-14,23,27H,12,15H2,1-2H3. The summed E-state index contributed by atoms with van der Waals surface area (Å²) in [7, 11) is 3.25. The molecule has 6 heteroatoms. The minimum atomic E-state index is -0.332. The summed E-state index contributed by atoms with van der Waals surface area (Å²) in [4.78, 5) is 23.1. The number of hydrogen-bond acceptors (Lipinski definition) is 4. The zero-order chi connectivity index (χ0) is 21.4. The predicted octanol–water partition coefficient (Wildman–Crippen LogP) is 4.37.